The van der Waals surface area contributed by atoms with Gasteiger partial charge in [-0.25, -0.2) is 0 Å². The maximum absolute atomic E-state index is 11.7. The summed E-state index contributed by atoms with van der Waals surface area (Å²) in [6.45, 7) is 8.56. The maximum atomic E-state index is 11.7. The first-order valence-electron chi connectivity index (χ1n) is 6.46. The van der Waals surface area contributed by atoms with Gasteiger partial charge in [0.05, 0.1) is 3.42 Å². The lowest BCUT2D eigenvalue weighted by atomic mass is 9.89. The van der Waals surface area contributed by atoms with Crippen LogP contribution in [0.25, 0.3) is 0 Å². The molecule has 2 atom stereocenters. The molecule has 1 rings (SSSR count). The Morgan fingerprint density at radius 2 is 2.12 bits per heavy atom. The molecule has 0 aromatic heterocycles. The summed E-state index contributed by atoms with van der Waals surface area (Å²) in [6.07, 6.45) is 5.54. The summed E-state index contributed by atoms with van der Waals surface area (Å²) < 4.78 is -0.0847. The molecule has 0 saturated heterocycles. The number of hydrogen-bond donors (Lipinski definition) is 0. The lowest BCUT2D eigenvalue weighted by Crippen LogP contribution is -2.33. The summed E-state index contributed by atoms with van der Waals surface area (Å²) in [5.74, 6) is 4.24. The third-order valence-electron chi connectivity index (χ3n) is 3.41. The van der Waals surface area contributed by atoms with E-state index in [0.717, 1.165) is 19.3 Å². The number of Topliss-reactive ketones (excluding diaryl/α,β-unsaturated/α-hetero) is 1. The number of ketones is 1. The Labute approximate surface area is 120 Å². The lowest BCUT2D eigenvalue weighted by molar-refractivity contribution is -0.119. The second-order valence-electron chi connectivity index (χ2n) is 6.10. The molecule has 1 aliphatic carbocycles. The van der Waals surface area contributed by atoms with Gasteiger partial charge < -0.3 is 0 Å². The first kappa shape index (κ1) is 15.2. The molecule has 1 nitrogen and oxygen atoms in total. The fraction of sp³-hybridized carbons (Fsp3) is 0.786. The first-order valence-corrected chi connectivity index (χ1v) is 11.0. The van der Waals surface area contributed by atoms with Crippen molar-refractivity contribution in [2.75, 3.05) is 0 Å². The van der Waals surface area contributed by atoms with Gasteiger partial charge in [-0.3, -0.25) is 4.79 Å². The van der Waals surface area contributed by atoms with Crippen LogP contribution in [0.15, 0.2) is 0 Å². The third-order valence-corrected chi connectivity index (χ3v) is 6.51. The SMILES string of the molecule is CC(=O)C1(I)CCCC1CCC#C[Si](C)(C)C. The Morgan fingerprint density at radius 3 is 2.65 bits per heavy atom. The fourth-order valence-electron chi connectivity index (χ4n) is 2.45. The highest BCUT2D eigenvalue weighted by atomic mass is 127. The first-order chi connectivity index (χ1) is 7.76. The molecule has 0 heterocycles. The Balaban J connectivity index is 2.52. The highest BCUT2D eigenvalue weighted by molar-refractivity contribution is 14.1. The molecule has 0 bridgehead atoms. The quantitative estimate of drug-likeness (QED) is 0.318. The fourth-order valence-corrected chi connectivity index (χ4v) is 4.11. The number of alkyl halides is 1. The molecule has 0 N–H and O–H groups in total. The molecule has 1 aliphatic rings. The largest absolute Gasteiger partial charge is 0.299 e. The molecule has 17 heavy (non-hydrogen) atoms. The molecule has 0 aliphatic heterocycles. The van der Waals surface area contributed by atoms with Gasteiger partial charge in [-0.15, -0.1) is 11.5 Å². The van der Waals surface area contributed by atoms with Gasteiger partial charge in [0.1, 0.15) is 13.9 Å². The van der Waals surface area contributed by atoms with Gasteiger partial charge >= 0.3 is 0 Å². The molecule has 3 heteroatoms. The summed E-state index contributed by atoms with van der Waals surface area (Å²) in [4.78, 5) is 11.7. The average molecular weight is 362 g/mol. The Morgan fingerprint density at radius 1 is 1.47 bits per heavy atom. The minimum atomic E-state index is -1.22. The molecule has 1 fully saturated rings. The molecule has 0 amide bonds. The summed E-state index contributed by atoms with van der Waals surface area (Å²) in [7, 11) is -1.22. The van der Waals surface area contributed by atoms with Crippen molar-refractivity contribution < 1.29 is 4.79 Å². The topological polar surface area (TPSA) is 17.1 Å². The van der Waals surface area contributed by atoms with Crippen LogP contribution in [-0.2, 0) is 4.79 Å². The predicted octanol–water partition coefficient (Wildman–Crippen LogP) is 4.21. The van der Waals surface area contributed by atoms with E-state index in [2.05, 4.69) is 53.7 Å². The van der Waals surface area contributed by atoms with Crippen LogP contribution in [0.3, 0.4) is 0 Å². The van der Waals surface area contributed by atoms with Crippen LogP contribution in [0.4, 0.5) is 0 Å². The van der Waals surface area contributed by atoms with Crippen LogP contribution in [0.2, 0.25) is 19.6 Å². The van der Waals surface area contributed by atoms with Crippen LogP contribution in [0.1, 0.15) is 39.0 Å². The zero-order chi connectivity index (χ0) is 13.1. The van der Waals surface area contributed by atoms with E-state index >= 15 is 0 Å². The van der Waals surface area contributed by atoms with E-state index in [1.165, 1.54) is 12.8 Å². The van der Waals surface area contributed by atoms with Crippen molar-refractivity contribution >= 4 is 36.4 Å². The van der Waals surface area contributed by atoms with Crippen molar-refractivity contribution in [1.82, 2.24) is 0 Å². The van der Waals surface area contributed by atoms with Crippen LogP contribution in [0, 0.1) is 17.4 Å². The minimum absolute atomic E-state index is 0.0847. The van der Waals surface area contributed by atoms with Gasteiger partial charge in [-0.1, -0.05) is 48.7 Å². The van der Waals surface area contributed by atoms with Crippen molar-refractivity contribution in [1.29, 1.82) is 0 Å². The van der Waals surface area contributed by atoms with Gasteiger partial charge in [0.15, 0.2) is 0 Å². The predicted molar refractivity (Wildman–Crippen MR) is 85.1 cm³/mol. The summed E-state index contributed by atoms with van der Waals surface area (Å²) >= 11 is 2.40. The number of halogens is 1. The lowest BCUT2D eigenvalue weighted by Gasteiger charge is -2.26. The Hall–Kier alpha value is 0.177. The molecule has 0 spiro atoms. The van der Waals surface area contributed by atoms with Crippen molar-refractivity contribution in [2.24, 2.45) is 5.92 Å². The van der Waals surface area contributed by atoms with Crippen LogP contribution < -0.4 is 0 Å². The second-order valence-corrected chi connectivity index (χ2v) is 12.8. The highest BCUT2D eigenvalue weighted by Crippen LogP contribution is 2.45. The minimum Gasteiger partial charge on any atom is -0.299 e. The highest BCUT2D eigenvalue weighted by Gasteiger charge is 2.43. The Bertz CT molecular complexity index is 347. The van der Waals surface area contributed by atoms with Gasteiger partial charge in [-0.05, 0) is 32.1 Å². The number of carbonyl (C=O) groups excluding carboxylic acids is 1. The molecule has 96 valence electrons. The van der Waals surface area contributed by atoms with Crippen LogP contribution in [-0.4, -0.2) is 17.3 Å². The van der Waals surface area contributed by atoms with Gasteiger partial charge in [-0.2, -0.15) is 0 Å². The average Bonchev–Trinajstić information content (AvgIpc) is 2.55. The van der Waals surface area contributed by atoms with E-state index in [-0.39, 0.29) is 3.42 Å². The van der Waals surface area contributed by atoms with Crippen molar-refractivity contribution in [3.8, 4) is 11.5 Å². The molecule has 0 aromatic rings. The van der Waals surface area contributed by atoms with E-state index in [1.807, 2.05) is 0 Å². The van der Waals surface area contributed by atoms with Crippen molar-refractivity contribution in [3.05, 3.63) is 0 Å². The van der Waals surface area contributed by atoms with Crippen molar-refractivity contribution in [2.45, 2.75) is 62.1 Å². The van der Waals surface area contributed by atoms with Crippen molar-refractivity contribution in [3.63, 3.8) is 0 Å². The summed E-state index contributed by atoms with van der Waals surface area (Å²) in [5, 5.41) is 0. The molecule has 0 aromatic carbocycles. The maximum Gasteiger partial charge on any atom is 0.145 e. The van der Waals surface area contributed by atoms with Gasteiger partial charge in [0, 0.05) is 6.42 Å². The zero-order valence-electron chi connectivity index (χ0n) is 11.4. The van der Waals surface area contributed by atoms with E-state index in [4.69, 9.17) is 0 Å². The van der Waals surface area contributed by atoms with Gasteiger partial charge in [0.25, 0.3) is 0 Å². The third kappa shape index (κ3) is 4.40. The summed E-state index contributed by atoms with van der Waals surface area (Å²) in [6, 6.07) is 0. The number of rotatable bonds is 3. The number of carbonyl (C=O) groups is 1. The molecule has 0 radical (unpaired) electrons. The second kappa shape index (κ2) is 5.88. The van der Waals surface area contributed by atoms with Crippen LogP contribution in [0.5, 0.6) is 0 Å². The summed E-state index contributed by atoms with van der Waals surface area (Å²) in [5.41, 5.74) is 3.40. The zero-order valence-corrected chi connectivity index (χ0v) is 14.6. The van der Waals surface area contributed by atoms with E-state index in [0.29, 0.717) is 11.7 Å². The number of hydrogen-bond acceptors (Lipinski definition) is 1. The monoisotopic (exact) mass is 362 g/mol. The Kier molecular flexibility index (Phi) is 5.27. The molecule has 2 unspecified atom stereocenters. The molecular weight excluding hydrogens is 339 g/mol. The van der Waals surface area contributed by atoms with Gasteiger partial charge in [0.2, 0.25) is 0 Å². The normalized spacial score (nSPS) is 28.6. The molecule has 1 saturated carbocycles. The van der Waals surface area contributed by atoms with E-state index in [9.17, 15) is 4.79 Å². The standard InChI is InChI=1S/C14H23IOSi/c1-12(16)14(15)10-7-9-13(14)8-5-6-11-17(2,3)4/h13H,5,7-10H2,1-4H3. The smallest absolute Gasteiger partial charge is 0.145 e. The van der Waals surface area contributed by atoms with E-state index in [1.54, 1.807) is 6.92 Å². The van der Waals surface area contributed by atoms with E-state index < -0.39 is 8.07 Å². The van der Waals surface area contributed by atoms with Crippen LogP contribution >= 0.6 is 22.6 Å². The molecular formula is C14H23IOSi.